The molecule has 1 saturated carbocycles. The predicted octanol–water partition coefficient (Wildman–Crippen LogP) is 4.80. The van der Waals surface area contributed by atoms with Crippen molar-refractivity contribution in [2.75, 3.05) is 6.54 Å². The molecule has 0 radical (unpaired) electrons. The zero-order valence-electron chi connectivity index (χ0n) is 15.5. The van der Waals surface area contributed by atoms with Gasteiger partial charge in [-0.25, -0.2) is 4.39 Å². The van der Waals surface area contributed by atoms with Crippen molar-refractivity contribution in [2.24, 2.45) is 11.1 Å². The van der Waals surface area contributed by atoms with E-state index in [-0.39, 0.29) is 23.7 Å². The maximum Gasteiger partial charge on any atom is 0.226 e. The van der Waals surface area contributed by atoms with Gasteiger partial charge in [0.15, 0.2) is 6.10 Å². The van der Waals surface area contributed by atoms with E-state index in [1.54, 1.807) is 11.0 Å². The normalized spacial score (nSPS) is 18.9. The van der Waals surface area contributed by atoms with Crippen LogP contribution in [0.15, 0.2) is 53.7 Å². The smallest absolute Gasteiger partial charge is 0.226 e. The summed E-state index contributed by atoms with van der Waals surface area (Å²) in [5.74, 6) is -0.0929. The fourth-order valence-corrected chi connectivity index (χ4v) is 3.71. The van der Waals surface area contributed by atoms with E-state index >= 15 is 0 Å². The summed E-state index contributed by atoms with van der Waals surface area (Å²) in [5, 5.41) is 4.88. The van der Waals surface area contributed by atoms with Crippen molar-refractivity contribution in [2.45, 2.75) is 38.3 Å². The highest BCUT2D eigenvalue weighted by molar-refractivity contribution is 6.30. The standard InChI is InChI=1S/C22H22ClFN2O2/c23-18-9-7-16(8-10-18)21-12-20(28-25-21)14-26(22(27)17-4-2-5-17)13-15-3-1-6-19(24)11-15/h1,3,6-11,17,20H,2,4-5,12-14H2. The van der Waals surface area contributed by atoms with Crippen LogP contribution < -0.4 is 0 Å². The second kappa shape index (κ2) is 8.31. The summed E-state index contributed by atoms with van der Waals surface area (Å²) < 4.78 is 13.6. The largest absolute Gasteiger partial charge is 0.390 e. The molecular formula is C22H22ClFN2O2. The van der Waals surface area contributed by atoms with E-state index in [9.17, 15) is 9.18 Å². The second-order valence-corrected chi connectivity index (χ2v) is 7.89. The molecule has 2 aromatic rings. The van der Waals surface area contributed by atoms with Crippen LogP contribution >= 0.6 is 11.6 Å². The molecule has 2 aromatic carbocycles. The lowest BCUT2D eigenvalue weighted by atomic mass is 9.84. The SMILES string of the molecule is O=C(C1CCC1)N(Cc1cccc(F)c1)CC1CC(c2ccc(Cl)cc2)=NO1. The summed E-state index contributed by atoms with van der Waals surface area (Å²) in [5.41, 5.74) is 2.60. The van der Waals surface area contributed by atoms with E-state index in [0.29, 0.717) is 24.5 Å². The number of halogens is 2. The molecule has 0 aromatic heterocycles. The first kappa shape index (κ1) is 18.9. The van der Waals surface area contributed by atoms with Crippen molar-refractivity contribution in [3.63, 3.8) is 0 Å². The zero-order valence-corrected chi connectivity index (χ0v) is 16.2. The number of amides is 1. The number of benzene rings is 2. The Kier molecular flexibility index (Phi) is 5.62. The average Bonchev–Trinajstić information content (AvgIpc) is 3.09. The summed E-state index contributed by atoms with van der Waals surface area (Å²) in [6.45, 7) is 0.815. The van der Waals surface area contributed by atoms with E-state index in [1.807, 2.05) is 30.3 Å². The summed E-state index contributed by atoms with van der Waals surface area (Å²) >= 11 is 5.95. The molecule has 2 aliphatic rings. The van der Waals surface area contributed by atoms with Crippen LogP contribution in [0, 0.1) is 11.7 Å². The van der Waals surface area contributed by atoms with Crippen molar-refractivity contribution < 1.29 is 14.0 Å². The van der Waals surface area contributed by atoms with Crippen molar-refractivity contribution >= 4 is 23.2 Å². The van der Waals surface area contributed by atoms with Gasteiger partial charge in [0.05, 0.1) is 12.3 Å². The van der Waals surface area contributed by atoms with Crippen LogP contribution in [-0.4, -0.2) is 29.2 Å². The third-order valence-electron chi connectivity index (χ3n) is 5.36. The van der Waals surface area contributed by atoms with Gasteiger partial charge in [0.25, 0.3) is 0 Å². The molecule has 1 fully saturated rings. The third-order valence-corrected chi connectivity index (χ3v) is 5.61. The molecule has 0 spiro atoms. The quantitative estimate of drug-likeness (QED) is 0.698. The molecule has 1 heterocycles. The lowest BCUT2D eigenvalue weighted by molar-refractivity contribution is -0.140. The number of hydrogen-bond donors (Lipinski definition) is 0. The number of hydrogen-bond acceptors (Lipinski definition) is 3. The average molecular weight is 401 g/mol. The highest BCUT2D eigenvalue weighted by atomic mass is 35.5. The predicted molar refractivity (Wildman–Crippen MR) is 107 cm³/mol. The molecule has 0 saturated heterocycles. The lowest BCUT2D eigenvalue weighted by Gasteiger charge is -2.32. The molecule has 28 heavy (non-hydrogen) atoms. The van der Waals surface area contributed by atoms with Crippen molar-refractivity contribution in [1.82, 2.24) is 4.90 Å². The minimum atomic E-state index is -0.293. The monoisotopic (exact) mass is 400 g/mol. The van der Waals surface area contributed by atoms with E-state index in [0.717, 1.165) is 36.1 Å². The van der Waals surface area contributed by atoms with Crippen molar-refractivity contribution in [3.05, 3.63) is 70.5 Å². The first-order valence-electron chi connectivity index (χ1n) is 9.60. The minimum Gasteiger partial charge on any atom is -0.390 e. The van der Waals surface area contributed by atoms with Crippen LogP contribution in [-0.2, 0) is 16.2 Å². The molecule has 146 valence electrons. The van der Waals surface area contributed by atoms with Gasteiger partial charge in [0.1, 0.15) is 5.82 Å². The van der Waals surface area contributed by atoms with E-state index < -0.39 is 0 Å². The maximum atomic E-state index is 13.6. The third kappa shape index (κ3) is 4.36. The van der Waals surface area contributed by atoms with E-state index in [4.69, 9.17) is 16.4 Å². The van der Waals surface area contributed by atoms with Crippen LogP contribution in [0.1, 0.15) is 36.8 Å². The van der Waals surface area contributed by atoms with Crippen LogP contribution in [0.3, 0.4) is 0 Å². The van der Waals surface area contributed by atoms with E-state index in [1.165, 1.54) is 12.1 Å². The first-order chi connectivity index (χ1) is 13.6. The van der Waals surface area contributed by atoms with Gasteiger partial charge < -0.3 is 9.74 Å². The molecule has 0 bridgehead atoms. The van der Waals surface area contributed by atoms with Gasteiger partial charge in [-0.3, -0.25) is 4.79 Å². The van der Waals surface area contributed by atoms with Gasteiger partial charge >= 0.3 is 0 Å². The molecule has 1 atom stereocenters. The highest BCUT2D eigenvalue weighted by Gasteiger charge is 2.33. The van der Waals surface area contributed by atoms with Crippen LogP contribution in [0.4, 0.5) is 4.39 Å². The van der Waals surface area contributed by atoms with Gasteiger partial charge in [-0.05, 0) is 48.2 Å². The lowest BCUT2D eigenvalue weighted by Crippen LogP contribution is -2.42. The summed E-state index contributed by atoms with van der Waals surface area (Å²) in [6, 6.07) is 13.9. The molecule has 1 amide bonds. The van der Waals surface area contributed by atoms with Gasteiger partial charge in [0.2, 0.25) is 5.91 Å². The van der Waals surface area contributed by atoms with Crippen molar-refractivity contribution in [1.29, 1.82) is 0 Å². The Morgan fingerprint density at radius 3 is 2.68 bits per heavy atom. The number of nitrogens with zero attached hydrogens (tertiary/aromatic N) is 2. The molecule has 4 nitrogen and oxygen atoms in total. The van der Waals surface area contributed by atoms with Gasteiger partial charge in [-0.15, -0.1) is 0 Å². The fraction of sp³-hybridized carbons (Fsp3) is 0.364. The van der Waals surface area contributed by atoms with E-state index in [2.05, 4.69) is 5.16 Å². The maximum absolute atomic E-state index is 13.6. The van der Waals surface area contributed by atoms with Gasteiger partial charge in [-0.1, -0.05) is 47.4 Å². The molecule has 4 rings (SSSR count). The number of oxime groups is 1. The Bertz CT molecular complexity index is 880. The number of rotatable bonds is 6. The Balaban J connectivity index is 1.43. The molecule has 6 heteroatoms. The van der Waals surface area contributed by atoms with Crippen LogP contribution in [0.2, 0.25) is 5.02 Å². The number of carbonyl (C=O) groups is 1. The fourth-order valence-electron chi connectivity index (χ4n) is 3.59. The zero-order chi connectivity index (χ0) is 19.5. The Labute approximate surface area is 168 Å². The van der Waals surface area contributed by atoms with Gasteiger partial charge in [0, 0.05) is 23.9 Å². The second-order valence-electron chi connectivity index (χ2n) is 7.45. The minimum absolute atomic E-state index is 0.0756. The summed E-state index contributed by atoms with van der Waals surface area (Å²) in [6.07, 6.45) is 3.36. The topological polar surface area (TPSA) is 41.9 Å². The molecule has 1 aliphatic heterocycles. The highest BCUT2D eigenvalue weighted by Crippen LogP contribution is 2.30. The molecular weight excluding hydrogens is 379 g/mol. The molecule has 1 aliphatic carbocycles. The Hall–Kier alpha value is -2.40. The summed E-state index contributed by atoms with van der Waals surface area (Å²) in [7, 11) is 0. The first-order valence-corrected chi connectivity index (χ1v) is 9.98. The Morgan fingerprint density at radius 2 is 2.00 bits per heavy atom. The molecule has 1 unspecified atom stereocenters. The summed E-state index contributed by atoms with van der Waals surface area (Å²) in [4.78, 5) is 20.3. The van der Waals surface area contributed by atoms with Crippen molar-refractivity contribution in [3.8, 4) is 0 Å². The Morgan fingerprint density at radius 1 is 1.21 bits per heavy atom. The van der Waals surface area contributed by atoms with Crippen LogP contribution in [0.5, 0.6) is 0 Å². The number of carbonyl (C=O) groups excluding carboxylic acids is 1. The molecule has 0 N–H and O–H groups in total. The van der Waals surface area contributed by atoms with Crippen LogP contribution in [0.25, 0.3) is 0 Å². The van der Waals surface area contributed by atoms with Gasteiger partial charge in [-0.2, -0.15) is 0 Å².